The van der Waals surface area contributed by atoms with Gasteiger partial charge in [0.1, 0.15) is 5.52 Å². The molecule has 0 unspecified atom stereocenters. The van der Waals surface area contributed by atoms with Crippen LogP contribution in [0.2, 0.25) is 0 Å². The van der Waals surface area contributed by atoms with Crippen molar-refractivity contribution in [1.29, 1.82) is 5.26 Å². The minimum absolute atomic E-state index is 0.401. The van der Waals surface area contributed by atoms with Crippen LogP contribution >= 0.6 is 0 Å². The highest BCUT2D eigenvalue weighted by molar-refractivity contribution is 5.72. The van der Waals surface area contributed by atoms with Crippen molar-refractivity contribution in [2.24, 2.45) is 0 Å². The number of piperidine rings is 1. The highest BCUT2D eigenvalue weighted by Gasteiger charge is 2.24. The Morgan fingerprint density at radius 1 is 0.933 bits per heavy atom. The Hall–Kier alpha value is -3.42. The third kappa shape index (κ3) is 3.72. The maximum atomic E-state index is 9.33. The molecule has 4 aromatic rings. The quantitative estimate of drug-likeness (QED) is 0.443. The van der Waals surface area contributed by atoms with Crippen LogP contribution in [0, 0.1) is 11.3 Å². The van der Waals surface area contributed by atoms with Crippen LogP contribution in [0.4, 0.5) is 0 Å². The van der Waals surface area contributed by atoms with E-state index in [4.69, 9.17) is 4.42 Å². The van der Waals surface area contributed by atoms with Crippen LogP contribution in [0.1, 0.15) is 35.8 Å². The lowest BCUT2D eigenvalue weighted by Crippen LogP contribution is -2.32. The molecule has 4 nitrogen and oxygen atoms in total. The van der Waals surface area contributed by atoms with Gasteiger partial charge in [-0.05, 0) is 60.8 Å². The van der Waals surface area contributed by atoms with Crippen molar-refractivity contribution in [1.82, 2.24) is 9.88 Å². The van der Waals surface area contributed by atoms with Gasteiger partial charge in [0.25, 0.3) is 0 Å². The van der Waals surface area contributed by atoms with Gasteiger partial charge in [-0.2, -0.15) is 5.26 Å². The molecule has 1 aliphatic heterocycles. The van der Waals surface area contributed by atoms with Crippen molar-refractivity contribution in [3.63, 3.8) is 0 Å². The molecule has 1 fully saturated rings. The lowest BCUT2D eigenvalue weighted by molar-refractivity contribution is 0.194. The molecule has 0 radical (unpaired) electrons. The van der Waals surface area contributed by atoms with E-state index in [9.17, 15) is 5.26 Å². The lowest BCUT2D eigenvalue weighted by Gasteiger charge is -2.30. The summed E-state index contributed by atoms with van der Waals surface area (Å²) in [5, 5.41) is 9.33. The van der Waals surface area contributed by atoms with E-state index in [0.29, 0.717) is 11.5 Å². The molecule has 1 aliphatic rings. The van der Waals surface area contributed by atoms with Gasteiger partial charge in [0, 0.05) is 12.5 Å². The average molecular weight is 393 g/mol. The summed E-state index contributed by atoms with van der Waals surface area (Å²) in [7, 11) is 0. The zero-order chi connectivity index (χ0) is 20.3. The van der Waals surface area contributed by atoms with E-state index in [0.717, 1.165) is 60.6 Å². The van der Waals surface area contributed by atoms with E-state index in [-0.39, 0.29) is 0 Å². The van der Waals surface area contributed by atoms with E-state index in [1.807, 2.05) is 48.5 Å². The molecule has 0 spiro atoms. The predicted molar refractivity (Wildman–Crippen MR) is 118 cm³/mol. The van der Waals surface area contributed by atoms with Crippen LogP contribution in [-0.4, -0.2) is 23.0 Å². The Labute approximate surface area is 176 Å². The zero-order valence-corrected chi connectivity index (χ0v) is 16.8. The Kier molecular flexibility index (Phi) is 5.04. The van der Waals surface area contributed by atoms with Gasteiger partial charge >= 0.3 is 0 Å². The molecule has 30 heavy (non-hydrogen) atoms. The summed E-state index contributed by atoms with van der Waals surface area (Å²) in [4.78, 5) is 7.19. The summed E-state index contributed by atoms with van der Waals surface area (Å²) in [6, 6.07) is 26.6. The van der Waals surface area contributed by atoms with Gasteiger partial charge in [-0.1, -0.05) is 54.6 Å². The fraction of sp³-hybridized carbons (Fsp3) is 0.231. The molecule has 1 aromatic heterocycles. The number of para-hydroxylation sites is 2. The number of hydrogen-bond donors (Lipinski definition) is 0. The highest BCUT2D eigenvalue weighted by Crippen LogP contribution is 2.31. The minimum atomic E-state index is 0.401. The van der Waals surface area contributed by atoms with Crippen molar-refractivity contribution >= 4 is 11.1 Å². The van der Waals surface area contributed by atoms with Gasteiger partial charge in [-0.25, -0.2) is 4.98 Å². The summed E-state index contributed by atoms with van der Waals surface area (Å²) in [6.45, 7) is 3.03. The van der Waals surface area contributed by atoms with Gasteiger partial charge < -0.3 is 4.42 Å². The van der Waals surface area contributed by atoms with Crippen molar-refractivity contribution in [2.45, 2.75) is 25.3 Å². The Balaban J connectivity index is 1.22. The number of benzene rings is 3. The molecule has 0 saturated carbocycles. The molecule has 1 saturated heterocycles. The van der Waals surface area contributed by atoms with Gasteiger partial charge in [0.15, 0.2) is 11.5 Å². The molecule has 0 N–H and O–H groups in total. The second kappa shape index (κ2) is 8.14. The number of likely N-dealkylation sites (tertiary alicyclic amines) is 1. The summed E-state index contributed by atoms with van der Waals surface area (Å²) < 4.78 is 5.98. The van der Waals surface area contributed by atoms with Gasteiger partial charge in [-0.3, -0.25) is 4.90 Å². The first-order valence-corrected chi connectivity index (χ1v) is 10.5. The number of oxazole rings is 1. The van der Waals surface area contributed by atoms with Crippen molar-refractivity contribution in [3.8, 4) is 17.2 Å². The molecule has 0 bridgehead atoms. The molecule has 4 heteroatoms. The largest absolute Gasteiger partial charge is 0.440 e. The second-order valence-electron chi connectivity index (χ2n) is 7.92. The van der Waals surface area contributed by atoms with Crippen LogP contribution < -0.4 is 0 Å². The van der Waals surface area contributed by atoms with Crippen LogP contribution in [0.3, 0.4) is 0 Å². The maximum absolute atomic E-state index is 9.33. The van der Waals surface area contributed by atoms with Gasteiger partial charge in [0.05, 0.1) is 11.6 Å². The molecule has 0 aliphatic carbocycles. The second-order valence-corrected chi connectivity index (χ2v) is 7.92. The van der Waals surface area contributed by atoms with Crippen molar-refractivity contribution in [2.75, 3.05) is 13.1 Å². The van der Waals surface area contributed by atoms with Crippen LogP contribution in [0.5, 0.6) is 0 Å². The number of hydrogen-bond acceptors (Lipinski definition) is 4. The first kappa shape index (κ1) is 18.6. The molecule has 0 atom stereocenters. The predicted octanol–water partition coefficient (Wildman–Crippen LogP) is 5.75. The van der Waals surface area contributed by atoms with E-state index in [2.05, 4.69) is 40.2 Å². The summed E-state index contributed by atoms with van der Waals surface area (Å²) in [5.74, 6) is 1.29. The van der Waals surface area contributed by atoms with E-state index < -0.39 is 0 Å². The first-order valence-electron chi connectivity index (χ1n) is 10.5. The number of aromatic nitrogens is 1. The molecule has 148 valence electrons. The summed E-state index contributed by atoms with van der Waals surface area (Å²) in [6.07, 6.45) is 2.14. The zero-order valence-electron chi connectivity index (χ0n) is 16.8. The van der Waals surface area contributed by atoms with Gasteiger partial charge in [0.2, 0.25) is 0 Å². The average Bonchev–Trinajstić information content (AvgIpc) is 3.24. The van der Waals surface area contributed by atoms with Crippen molar-refractivity contribution in [3.05, 3.63) is 89.8 Å². The Morgan fingerprint density at radius 2 is 1.67 bits per heavy atom. The van der Waals surface area contributed by atoms with Crippen LogP contribution in [0.25, 0.3) is 22.2 Å². The van der Waals surface area contributed by atoms with Crippen molar-refractivity contribution < 1.29 is 4.42 Å². The maximum Gasteiger partial charge on any atom is 0.198 e. The monoisotopic (exact) mass is 393 g/mol. The van der Waals surface area contributed by atoms with Crippen LogP contribution in [0.15, 0.2) is 77.2 Å². The Bertz CT molecular complexity index is 1160. The third-order valence-corrected chi connectivity index (χ3v) is 5.97. The SMILES string of the molecule is N#Cc1ccccc1-c1ccc(CN2CCC(c3nc4ccccc4o3)CC2)cc1. The number of nitrogens with zero attached hydrogens (tertiary/aromatic N) is 3. The number of fused-ring (bicyclic) bond motifs is 1. The normalized spacial score (nSPS) is 15.3. The van der Waals surface area contributed by atoms with Gasteiger partial charge in [-0.15, -0.1) is 0 Å². The topological polar surface area (TPSA) is 53.1 Å². The third-order valence-electron chi connectivity index (χ3n) is 5.97. The molecule has 5 rings (SSSR count). The smallest absolute Gasteiger partial charge is 0.198 e. The fourth-order valence-corrected chi connectivity index (χ4v) is 4.28. The number of rotatable bonds is 4. The van der Waals surface area contributed by atoms with Crippen LogP contribution in [-0.2, 0) is 6.54 Å². The van der Waals surface area contributed by atoms with E-state index in [1.54, 1.807) is 0 Å². The fourth-order valence-electron chi connectivity index (χ4n) is 4.28. The van der Waals surface area contributed by atoms with E-state index >= 15 is 0 Å². The lowest BCUT2D eigenvalue weighted by atomic mass is 9.96. The summed E-state index contributed by atoms with van der Waals surface area (Å²) in [5.41, 5.74) is 5.93. The summed E-state index contributed by atoms with van der Waals surface area (Å²) >= 11 is 0. The number of nitriles is 1. The minimum Gasteiger partial charge on any atom is -0.440 e. The Morgan fingerprint density at radius 3 is 2.43 bits per heavy atom. The highest BCUT2D eigenvalue weighted by atomic mass is 16.3. The molecular weight excluding hydrogens is 370 g/mol. The molecule has 0 amide bonds. The van der Waals surface area contributed by atoms with E-state index in [1.165, 1.54) is 5.56 Å². The molecule has 2 heterocycles. The first-order chi connectivity index (χ1) is 14.8. The standard InChI is InChI=1S/C26H23N3O/c27-17-22-5-1-2-6-23(22)20-11-9-19(10-12-20)18-29-15-13-21(14-16-29)26-28-24-7-3-4-8-25(24)30-26/h1-12,21H,13-16,18H2. The molecule has 3 aromatic carbocycles. The molecular formula is C26H23N3O.